The van der Waals surface area contributed by atoms with Gasteiger partial charge in [0.2, 0.25) is 0 Å². The number of nitrogens with zero attached hydrogens (tertiary/aromatic N) is 1. The Kier molecular flexibility index (Phi) is 8.95. The van der Waals surface area contributed by atoms with Crippen molar-refractivity contribution in [2.75, 3.05) is 5.32 Å². The number of hydrogen-bond donors (Lipinski definition) is 1. The molecule has 1 aromatic heterocycles. The third-order valence-corrected chi connectivity index (χ3v) is 4.91. The molecule has 3 heteroatoms. The molecule has 2 aromatic carbocycles. The number of hydrogen-bond acceptors (Lipinski definition) is 2. The summed E-state index contributed by atoms with van der Waals surface area (Å²) in [7, 11) is 0. The Bertz CT molecular complexity index is 945. The van der Waals surface area contributed by atoms with E-state index in [9.17, 15) is 0 Å². The first-order chi connectivity index (χ1) is 14.0. The summed E-state index contributed by atoms with van der Waals surface area (Å²) in [4.78, 5) is 4.70. The summed E-state index contributed by atoms with van der Waals surface area (Å²) in [5.41, 5.74) is 5.97. The van der Waals surface area contributed by atoms with Crippen molar-refractivity contribution < 1.29 is 0 Å². The fourth-order valence-electron chi connectivity index (χ4n) is 3.03. The molecule has 3 aromatic rings. The number of pyridine rings is 1. The zero-order valence-corrected chi connectivity index (χ0v) is 18.7. The van der Waals surface area contributed by atoms with E-state index in [0.717, 1.165) is 33.9 Å². The van der Waals surface area contributed by atoms with Gasteiger partial charge in [-0.2, -0.15) is 0 Å². The van der Waals surface area contributed by atoms with Crippen LogP contribution < -0.4 is 5.32 Å². The van der Waals surface area contributed by atoms with Gasteiger partial charge >= 0.3 is 0 Å². The van der Waals surface area contributed by atoms with Crippen LogP contribution in [0, 0.1) is 13.8 Å². The average Bonchev–Trinajstić information content (AvgIpc) is 2.69. The Hall–Kier alpha value is -2.58. The van der Waals surface area contributed by atoms with E-state index in [0.29, 0.717) is 5.02 Å². The van der Waals surface area contributed by atoms with Crippen LogP contribution in [0.4, 0.5) is 5.82 Å². The number of aromatic nitrogens is 1. The van der Waals surface area contributed by atoms with Gasteiger partial charge in [0.25, 0.3) is 0 Å². The van der Waals surface area contributed by atoms with Gasteiger partial charge in [-0.1, -0.05) is 93.8 Å². The highest BCUT2D eigenvalue weighted by Gasteiger charge is 2.08. The first-order valence-corrected chi connectivity index (χ1v) is 10.6. The van der Waals surface area contributed by atoms with Gasteiger partial charge < -0.3 is 5.32 Å². The summed E-state index contributed by atoms with van der Waals surface area (Å²) >= 11 is 6.31. The number of aryl methyl sites for hydroxylation is 2. The second kappa shape index (κ2) is 11.4. The van der Waals surface area contributed by atoms with Gasteiger partial charge in [0.1, 0.15) is 5.82 Å². The molecule has 1 N–H and O–H groups in total. The molecule has 3 rings (SSSR count). The van der Waals surface area contributed by atoms with Crippen molar-refractivity contribution in [1.29, 1.82) is 0 Å². The van der Waals surface area contributed by atoms with Crippen molar-refractivity contribution in [3.63, 3.8) is 0 Å². The summed E-state index contributed by atoms with van der Waals surface area (Å²) < 4.78 is 0. The Morgan fingerprint density at radius 3 is 2.24 bits per heavy atom. The van der Waals surface area contributed by atoms with E-state index in [-0.39, 0.29) is 0 Å². The van der Waals surface area contributed by atoms with Crippen LogP contribution in [0.25, 0.3) is 17.0 Å². The molecule has 0 radical (unpaired) electrons. The fraction of sp³-hybridized carbons (Fsp3) is 0.269. The van der Waals surface area contributed by atoms with Gasteiger partial charge in [-0.25, -0.2) is 4.98 Å². The maximum Gasteiger partial charge on any atom is 0.131 e. The molecule has 0 amide bonds. The standard InChI is InChI=1S/C21H19ClN2.C5H12/c1-14-12-20(18-10-6-7-11-19(18)22)24-21(13-14)23-16(3)17-9-5-4-8-15(17)2;1-3-5-4-2/h4-13H,3H2,1-2H3,(H,23,24);3-5H2,1-2H3. The molecule has 0 saturated carbocycles. The van der Waals surface area contributed by atoms with Gasteiger partial charge in [0.15, 0.2) is 0 Å². The third kappa shape index (κ3) is 6.76. The molecular weight excluding hydrogens is 376 g/mol. The maximum atomic E-state index is 6.31. The van der Waals surface area contributed by atoms with Crippen LogP contribution >= 0.6 is 11.6 Å². The molecule has 152 valence electrons. The highest BCUT2D eigenvalue weighted by molar-refractivity contribution is 6.33. The highest BCUT2D eigenvalue weighted by Crippen LogP contribution is 2.28. The lowest BCUT2D eigenvalue weighted by Crippen LogP contribution is -2.02. The van der Waals surface area contributed by atoms with Crippen LogP contribution in [-0.2, 0) is 0 Å². The summed E-state index contributed by atoms with van der Waals surface area (Å²) in [6.07, 6.45) is 4.08. The van der Waals surface area contributed by atoms with Crippen LogP contribution in [0.15, 0.2) is 67.2 Å². The van der Waals surface area contributed by atoms with Crippen LogP contribution in [0.1, 0.15) is 49.8 Å². The Morgan fingerprint density at radius 1 is 0.966 bits per heavy atom. The van der Waals surface area contributed by atoms with Gasteiger partial charge in [-0.3, -0.25) is 0 Å². The molecule has 0 aliphatic carbocycles. The van der Waals surface area contributed by atoms with Crippen LogP contribution in [0.2, 0.25) is 5.02 Å². The SMILES string of the molecule is C=C(Nc1cc(C)cc(-c2ccccc2Cl)n1)c1ccccc1C.CCCCC. The van der Waals surface area contributed by atoms with Gasteiger partial charge in [-0.15, -0.1) is 0 Å². The molecule has 0 fully saturated rings. The van der Waals surface area contributed by atoms with Crippen molar-refractivity contribution in [2.45, 2.75) is 47.0 Å². The lowest BCUT2D eigenvalue weighted by molar-refractivity contribution is 0.772. The second-order valence-electron chi connectivity index (χ2n) is 7.17. The minimum atomic E-state index is 0.694. The molecule has 0 saturated heterocycles. The Labute approximate surface area is 180 Å². The van der Waals surface area contributed by atoms with Crippen LogP contribution in [0.3, 0.4) is 0 Å². The fourth-order valence-corrected chi connectivity index (χ4v) is 3.26. The second-order valence-corrected chi connectivity index (χ2v) is 7.57. The van der Waals surface area contributed by atoms with Crippen molar-refractivity contribution >= 4 is 23.1 Å². The predicted molar refractivity (Wildman–Crippen MR) is 128 cm³/mol. The molecule has 0 bridgehead atoms. The van der Waals surface area contributed by atoms with Crippen LogP contribution in [-0.4, -0.2) is 4.98 Å². The summed E-state index contributed by atoms with van der Waals surface area (Å²) in [6, 6.07) is 19.9. The molecule has 0 spiro atoms. The number of benzene rings is 2. The van der Waals surface area contributed by atoms with E-state index in [1.807, 2.05) is 55.5 Å². The number of halogens is 1. The number of anilines is 1. The average molecular weight is 407 g/mol. The van der Waals surface area contributed by atoms with Crippen molar-refractivity contribution in [2.24, 2.45) is 0 Å². The largest absolute Gasteiger partial charge is 0.340 e. The number of rotatable bonds is 6. The number of unbranched alkanes of at least 4 members (excludes halogenated alkanes) is 2. The summed E-state index contributed by atoms with van der Waals surface area (Å²) in [6.45, 7) is 12.7. The zero-order valence-electron chi connectivity index (χ0n) is 17.9. The van der Waals surface area contributed by atoms with Crippen molar-refractivity contribution in [1.82, 2.24) is 4.98 Å². The van der Waals surface area contributed by atoms with E-state index in [1.165, 1.54) is 24.8 Å². The molecular formula is C26H31ClN2. The molecule has 29 heavy (non-hydrogen) atoms. The summed E-state index contributed by atoms with van der Waals surface area (Å²) in [5, 5.41) is 4.01. The highest BCUT2D eigenvalue weighted by atomic mass is 35.5. The molecule has 0 aliphatic heterocycles. The monoisotopic (exact) mass is 406 g/mol. The van der Waals surface area contributed by atoms with Crippen LogP contribution in [0.5, 0.6) is 0 Å². The Morgan fingerprint density at radius 2 is 1.62 bits per heavy atom. The lowest BCUT2D eigenvalue weighted by Gasteiger charge is -2.13. The molecule has 0 unspecified atom stereocenters. The lowest BCUT2D eigenvalue weighted by atomic mass is 10.1. The van der Waals surface area contributed by atoms with E-state index in [4.69, 9.17) is 16.6 Å². The first-order valence-electron chi connectivity index (χ1n) is 10.2. The van der Waals surface area contributed by atoms with Crippen molar-refractivity contribution in [3.05, 3.63) is 89.0 Å². The van der Waals surface area contributed by atoms with Gasteiger partial charge in [0, 0.05) is 21.8 Å². The normalized spacial score (nSPS) is 10.1. The van der Waals surface area contributed by atoms with E-state index >= 15 is 0 Å². The van der Waals surface area contributed by atoms with E-state index < -0.39 is 0 Å². The molecule has 1 heterocycles. The first kappa shape index (κ1) is 22.7. The smallest absolute Gasteiger partial charge is 0.131 e. The third-order valence-electron chi connectivity index (χ3n) is 4.58. The van der Waals surface area contributed by atoms with Gasteiger partial charge in [-0.05, 0) is 43.2 Å². The van der Waals surface area contributed by atoms with Crippen molar-refractivity contribution in [3.8, 4) is 11.3 Å². The zero-order chi connectivity index (χ0) is 21.2. The topological polar surface area (TPSA) is 24.9 Å². The summed E-state index contributed by atoms with van der Waals surface area (Å²) in [5.74, 6) is 0.762. The molecule has 0 atom stereocenters. The molecule has 2 nitrogen and oxygen atoms in total. The van der Waals surface area contributed by atoms with E-state index in [1.54, 1.807) is 0 Å². The maximum absolute atomic E-state index is 6.31. The minimum absolute atomic E-state index is 0.694. The van der Waals surface area contributed by atoms with E-state index in [2.05, 4.69) is 44.8 Å². The quantitative estimate of drug-likeness (QED) is 0.445. The molecule has 0 aliphatic rings. The number of nitrogens with one attached hydrogen (secondary N) is 1. The minimum Gasteiger partial charge on any atom is -0.340 e. The Balaban J connectivity index is 0.000000537. The predicted octanol–water partition coefficient (Wildman–Crippen LogP) is 8.30. The van der Waals surface area contributed by atoms with Gasteiger partial charge in [0.05, 0.1) is 5.69 Å².